The summed E-state index contributed by atoms with van der Waals surface area (Å²) in [5, 5.41) is 5.55. The minimum absolute atomic E-state index is 0.266. The molecule has 0 aliphatic carbocycles. The molecule has 1 unspecified atom stereocenters. The van der Waals surface area contributed by atoms with Crippen LogP contribution in [0.4, 0.5) is 10.5 Å². The van der Waals surface area contributed by atoms with E-state index in [0.717, 1.165) is 35.1 Å². The molecule has 0 fully saturated rings. The third-order valence-electron chi connectivity index (χ3n) is 5.54. The second-order valence-electron chi connectivity index (χ2n) is 9.86. The van der Waals surface area contributed by atoms with Gasteiger partial charge < -0.3 is 20.3 Å². The molecule has 0 bridgehead atoms. The van der Waals surface area contributed by atoms with Crippen LogP contribution in [0.2, 0.25) is 0 Å². The fourth-order valence-corrected chi connectivity index (χ4v) is 3.79. The molecule has 0 saturated heterocycles. The average molecular weight is 482 g/mol. The molecule has 190 valence electrons. The van der Waals surface area contributed by atoms with Gasteiger partial charge in [0.15, 0.2) is 0 Å². The van der Waals surface area contributed by atoms with Gasteiger partial charge in [-0.15, -0.1) is 0 Å². The van der Waals surface area contributed by atoms with Gasteiger partial charge in [-0.25, -0.2) is 4.79 Å². The number of ether oxygens (including phenoxy) is 1. The average Bonchev–Trinajstić information content (AvgIpc) is 2.76. The predicted molar refractivity (Wildman–Crippen MR) is 139 cm³/mol. The number of benzene rings is 2. The number of nitrogens with zero attached hydrogens (tertiary/aromatic N) is 1. The van der Waals surface area contributed by atoms with Crippen LogP contribution < -0.4 is 10.6 Å². The fourth-order valence-electron chi connectivity index (χ4n) is 3.79. The van der Waals surface area contributed by atoms with Crippen molar-refractivity contribution < 1.29 is 19.1 Å². The normalized spacial score (nSPS) is 12.0. The quantitative estimate of drug-likeness (QED) is 0.499. The Bertz CT molecular complexity index is 1040. The highest BCUT2D eigenvalue weighted by molar-refractivity contribution is 5.99. The number of para-hydroxylation sites is 1. The van der Waals surface area contributed by atoms with Crippen molar-refractivity contribution in [3.63, 3.8) is 0 Å². The number of unbranched alkanes of at least 4 members (excludes halogenated alkanes) is 1. The first kappa shape index (κ1) is 27.9. The molecule has 0 aromatic heterocycles. The highest BCUT2D eigenvalue weighted by Gasteiger charge is 2.32. The summed E-state index contributed by atoms with van der Waals surface area (Å²) in [5.74, 6) is -0.651. The van der Waals surface area contributed by atoms with E-state index >= 15 is 0 Å². The lowest BCUT2D eigenvalue weighted by Gasteiger charge is -2.33. The Balaban J connectivity index is 2.41. The van der Waals surface area contributed by atoms with Gasteiger partial charge in [0.1, 0.15) is 18.2 Å². The molecule has 0 spiro atoms. The first-order chi connectivity index (χ1) is 16.4. The van der Waals surface area contributed by atoms with Gasteiger partial charge in [-0.2, -0.15) is 0 Å². The van der Waals surface area contributed by atoms with E-state index in [1.807, 2.05) is 70.2 Å². The molecule has 2 N–H and O–H groups in total. The summed E-state index contributed by atoms with van der Waals surface area (Å²) in [6.07, 6.45) is 0.896. The second-order valence-corrected chi connectivity index (χ2v) is 9.86. The maximum absolute atomic E-state index is 13.7. The monoisotopic (exact) mass is 481 g/mol. The Kier molecular flexibility index (Phi) is 9.87. The van der Waals surface area contributed by atoms with Gasteiger partial charge in [0, 0.05) is 12.2 Å². The van der Waals surface area contributed by atoms with Crippen LogP contribution in [-0.4, -0.2) is 41.5 Å². The number of nitrogens with one attached hydrogen (secondary N) is 2. The van der Waals surface area contributed by atoms with E-state index in [1.54, 1.807) is 25.7 Å². The molecule has 7 nitrogen and oxygen atoms in total. The van der Waals surface area contributed by atoms with Crippen molar-refractivity contribution in [2.45, 2.75) is 73.0 Å². The summed E-state index contributed by atoms with van der Waals surface area (Å²) in [5.41, 5.74) is 3.69. The van der Waals surface area contributed by atoms with E-state index in [-0.39, 0.29) is 18.4 Å². The standard InChI is InChI=1S/C28H39N3O4/c1-8-9-16-31(24(32)18-29-27(34)35-28(5,6)7)25(22-15-14-19(2)17-21(22)4)26(33)30-23-13-11-10-12-20(23)3/h10-15,17,25H,8-9,16,18H2,1-7H3,(H,29,34)(H,30,33). The summed E-state index contributed by atoms with van der Waals surface area (Å²) in [6.45, 7) is 13.3. The van der Waals surface area contributed by atoms with Gasteiger partial charge in [-0.1, -0.05) is 55.3 Å². The van der Waals surface area contributed by atoms with Crippen LogP contribution >= 0.6 is 0 Å². The van der Waals surface area contributed by atoms with E-state index in [1.165, 1.54) is 0 Å². The number of carbonyl (C=O) groups is 3. The van der Waals surface area contributed by atoms with E-state index in [4.69, 9.17) is 4.74 Å². The number of anilines is 1. The molecule has 2 aromatic rings. The number of hydrogen-bond acceptors (Lipinski definition) is 4. The van der Waals surface area contributed by atoms with Gasteiger partial charge in [0.2, 0.25) is 5.91 Å². The van der Waals surface area contributed by atoms with Crippen LogP contribution in [0.25, 0.3) is 0 Å². The second kappa shape index (κ2) is 12.4. The van der Waals surface area contributed by atoms with Crippen molar-refractivity contribution >= 4 is 23.6 Å². The number of rotatable bonds is 9. The van der Waals surface area contributed by atoms with Crippen LogP contribution in [0.1, 0.15) is 68.8 Å². The Morgan fingerprint density at radius 3 is 2.29 bits per heavy atom. The van der Waals surface area contributed by atoms with Crippen LogP contribution in [0.15, 0.2) is 42.5 Å². The summed E-state index contributed by atoms with van der Waals surface area (Å²) < 4.78 is 5.27. The molecule has 0 aliphatic rings. The number of hydrogen-bond donors (Lipinski definition) is 2. The Labute approximate surface area is 209 Å². The number of alkyl carbamates (subject to hydrolysis) is 1. The number of aryl methyl sites for hydroxylation is 3. The molecule has 1 atom stereocenters. The largest absolute Gasteiger partial charge is 0.444 e. The van der Waals surface area contributed by atoms with Gasteiger partial charge in [-0.3, -0.25) is 9.59 Å². The summed E-state index contributed by atoms with van der Waals surface area (Å²) in [4.78, 5) is 40.9. The molecule has 3 amide bonds. The van der Waals surface area contributed by atoms with Crippen molar-refractivity contribution in [2.75, 3.05) is 18.4 Å². The van der Waals surface area contributed by atoms with E-state index in [0.29, 0.717) is 12.2 Å². The van der Waals surface area contributed by atoms with Crippen molar-refractivity contribution in [1.29, 1.82) is 0 Å². The van der Waals surface area contributed by atoms with E-state index < -0.39 is 17.7 Å². The minimum atomic E-state index is -0.852. The zero-order chi connectivity index (χ0) is 26.2. The summed E-state index contributed by atoms with van der Waals surface area (Å²) in [6, 6.07) is 12.5. The van der Waals surface area contributed by atoms with Crippen molar-refractivity contribution in [2.24, 2.45) is 0 Å². The third kappa shape index (κ3) is 8.42. The predicted octanol–water partition coefficient (Wildman–Crippen LogP) is 5.45. The van der Waals surface area contributed by atoms with E-state index in [2.05, 4.69) is 10.6 Å². The molecule has 0 aliphatic heterocycles. The Hall–Kier alpha value is -3.35. The molecule has 0 radical (unpaired) electrons. The zero-order valence-electron chi connectivity index (χ0n) is 22.0. The molecule has 35 heavy (non-hydrogen) atoms. The maximum Gasteiger partial charge on any atom is 0.408 e. The Morgan fingerprint density at radius 2 is 1.69 bits per heavy atom. The van der Waals surface area contributed by atoms with Crippen molar-refractivity contribution in [3.05, 3.63) is 64.7 Å². The first-order valence-corrected chi connectivity index (χ1v) is 12.1. The van der Waals surface area contributed by atoms with E-state index in [9.17, 15) is 14.4 Å². The highest BCUT2D eigenvalue weighted by Crippen LogP contribution is 2.28. The summed E-state index contributed by atoms with van der Waals surface area (Å²) in [7, 11) is 0. The topological polar surface area (TPSA) is 87.7 Å². The van der Waals surface area contributed by atoms with Gasteiger partial charge in [0.05, 0.1) is 0 Å². The Morgan fingerprint density at radius 1 is 1.00 bits per heavy atom. The van der Waals surface area contributed by atoms with Crippen LogP contribution in [0.3, 0.4) is 0 Å². The van der Waals surface area contributed by atoms with Gasteiger partial charge in [-0.05, 0) is 70.7 Å². The van der Waals surface area contributed by atoms with Crippen LogP contribution in [0.5, 0.6) is 0 Å². The lowest BCUT2D eigenvalue weighted by Crippen LogP contribution is -2.47. The lowest BCUT2D eigenvalue weighted by atomic mass is 9.96. The molecule has 0 heterocycles. The number of carbonyl (C=O) groups excluding carboxylic acids is 3. The molecular formula is C28H39N3O4. The van der Waals surface area contributed by atoms with Crippen molar-refractivity contribution in [3.8, 4) is 0 Å². The molecule has 7 heteroatoms. The van der Waals surface area contributed by atoms with Crippen LogP contribution in [-0.2, 0) is 14.3 Å². The zero-order valence-corrected chi connectivity index (χ0v) is 22.0. The maximum atomic E-state index is 13.7. The molecule has 2 rings (SSSR count). The SMILES string of the molecule is CCCCN(C(=O)CNC(=O)OC(C)(C)C)C(C(=O)Nc1ccccc1C)c1ccc(C)cc1C. The molecule has 2 aromatic carbocycles. The molecular weight excluding hydrogens is 442 g/mol. The van der Waals surface area contributed by atoms with Crippen molar-refractivity contribution in [1.82, 2.24) is 10.2 Å². The lowest BCUT2D eigenvalue weighted by molar-refractivity contribution is -0.138. The summed E-state index contributed by atoms with van der Waals surface area (Å²) >= 11 is 0. The highest BCUT2D eigenvalue weighted by atomic mass is 16.6. The molecule has 0 saturated carbocycles. The smallest absolute Gasteiger partial charge is 0.408 e. The fraction of sp³-hybridized carbons (Fsp3) is 0.464. The van der Waals surface area contributed by atoms with Gasteiger partial charge in [0.25, 0.3) is 5.91 Å². The number of amides is 3. The first-order valence-electron chi connectivity index (χ1n) is 12.1. The minimum Gasteiger partial charge on any atom is -0.444 e. The van der Waals surface area contributed by atoms with Crippen LogP contribution in [0, 0.1) is 20.8 Å². The third-order valence-corrected chi connectivity index (χ3v) is 5.54. The van der Waals surface area contributed by atoms with Gasteiger partial charge >= 0.3 is 6.09 Å².